The van der Waals surface area contributed by atoms with Crippen LogP contribution in [-0.4, -0.2) is 19.1 Å². The molecule has 0 aliphatic heterocycles. The molecule has 0 aliphatic rings. The van der Waals surface area contributed by atoms with Gasteiger partial charge in [0.2, 0.25) is 5.91 Å². The summed E-state index contributed by atoms with van der Waals surface area (Å²) in [7, 11) is 1.61. The lowest BCUT2D eigenvalue weighted by atomic mass is 10.2. The first kappa shape index (κ1) is 14.9. The summed E-state index contributed by atoms with van der Waals surface area (Å²) < 4.78 is 10.8. The maximum atomic E-state index is 11.6. The molecule has 1 amide bonds. The van der Waals surface area contributed by atoms with Crippen molar-refractivity contribution in [3.63, 3.8) is 0 Å². The van der Waals surface area contributed by atoms with Crippen molar-refractivity contribution in [1.29, 1.82) is 0 Å². The summed E-state index contributed by atoms with van der Waals surface area (Å²) in [5.41, 5.74) is 6.16. The van der Waals surface area contributed by atoms with Gasteiger partial charge in [0, 0.05) is 11.8 Å². The molecule has 0 spiro atoms. The Bertz CT molecular complexity index is 609. The van der Waals surface area contributed by atoms with Crippen molar-refractivity contribution in [2.75, 3.05) is 12.4 Å². The van der Waals surface area contributed by atoms with Crippen molar-refractivity contribution in [3.05, 3.63) is 48.5 Å². The largest absolute Gasteiger partial charge is 0.497 e. The van der Waals surface area contributed by atoms with E-state index in [-0.39, 0.29) is 5.91 Å². The van der Waals surface area contributed by atoms with Gasteiger partial charge in [-0.1, -0.05) is 6.07 Å². The first-order valence-corrected chi connectivity index (χ1v) is 6.57. The van der Waals surface area contributed by atoms with Crippen LogP contribution in [0.15, 0.2) is 48.5 Å². The van der Waals surface area contributed by atoms with E-state index in [0.717, 1.165) is 5.75 Å². The van der Waals surface area contributed by atoms with Crippen LogP contribution in [-0.2, 0) is 4.79 Å². The molecular formula is C16H18N2O3. The number of nitrogens with one attached hydrogen (secondary N) is 1. The highest BCUT2D eigenvalue weighted by atomic mass is 16.5. The Hall–Kier alpha value is -2.53. The van der Waals surface area contributed by atoms with Gasteiger partial charge in [-0.25, -0.2) is 0 Å². The zero-order valence-electron chi connectivity index (χ0n) is 12.0. The lowest BCUT2D eigenvalue weighted by Gasteiger charge is -2.10. The lowest BCUT2D eigenvalue weighted by Crippen LogP contribution is -2.32. The highest BCUT2D eigenvalue weighted by Crippen LogP contribution is 2.25. The molecule has 0 heterocycles. The van der Waals surface area contributed by atoms with E-state index in [2.05, 4.69) is 5.32 Å². The van der Waals surface area contributed by atoms with Crippen molar-refractivity contribution in [2.24, 2.45) is 5.73 Å². The number of carbonyl (C=O) groups excluding carboxylic acids is 1. The lowest BCUT2D eigenvalue weighted by molar-refractivity contribution is -0.117. The van der Waals surface area contributed by atoms with Gasteiger partial charge in [0.15, 0.2) is 0 Å². The van der Waals surface area contributed by atoms with Crippen LogP contribution in [0.5, 0.6) is 17.2 Å². The molecule has 2 rings (SSSR count). The molecule has 1 atom stereocenters. The van der Waals surface area contributed by atoms with Gasteiger partial charge in [0.25, 0.3) is 0 Å². The van der Waals surface area contributed by atoms with Gasteiger partial charge in [-0.3, -0.25) is 4.79 Å². The fourth-order valence-electron chi connectivity index (χ4n) is 1.67. The van der Waals surface area contributed by atoms with Crippen LogP contribution in [0.4, 0.5) is 5.69 Å². The number of hydrogen-bond acceptors (Lipinski definition) is 4. The number of anilines is 1. The van der Waals surface area contributed by atoms with Crippen LogP contribution in [0.2, 0.25) is 0 Å². The van der Waals surface area contributed by atoms with Crippen LogP contribution in [0, 0.1) is 0 Å². The van der Waals surface area contributed by atoms with Crippen LogP contribution in [0.1, 0.15) is 6.92 Å². The molecule has 0 aromatic heterocycles. The molecule has 1 unspecified atom stereocenters. The van der Waals surface area contributed by atoms with Gasteiger partial charge in [-0.05, 0) is 43.3 Å². The highest BCUT2D eigenvalue weighted by Gasteiger charge is 2.08. The van der Waals surface area contributed by atoms with Gasteiger partial charge in [-0.2, -0.15) is 0 Å². The maximum absolute atomic E-state index is 11.6. The predicted molar refractivity (Wildman–Crippen MR) is 81.8 cm³/mol. The third-order valence-electron chi connectivity index (χ3n) is 2.81. The molecule has 2 aromatic rings. The zero-order chi connectivity index (χ0) is 15.2. The minimum atomic E-state index is -0.559. The number of benzene rings is 2. The number of amides is 1. The number of carbonyl (C=O) groups is 1. The van der Waals surface area contributed by atoms with Crippen molar-refractivity contribution >= 4 is 11.6 Å². The summed E-state index contributed by atoms with van der Waals surface area (Å²) >= 11 is 0. The van der Waals surface area contributed by atoms with Gasteiger partial charge < -0.3 is 20.5 Å². The molecule has 3 N–H and O–H groups in total. The minimum absolute atomic E-state index is 0.239. The molecule has 2 aromatic carbocycles. The summed E-state index contributed by atoms with van der Waals surface area (Å²) in [6, 6.07) is 13.8. The summed E-state index contributed by atoms with van der Waals surface area (Å²) in [6.45, 7) is 1.63. The molecule has 21 heavy (non-hydrogen) atoms. The summed E-state index contributed by atoms with van der Waals surface area (Å²) in [5, 5.41) is 2.72. The summed E-state index contributed by atoms with van der Waals surface area (Å²) in [4.78, 5) is 11.6. The Morgan fingerprint density at radius 3 is 2.38 bits per heavy atom. The van der Waals surface area contributed by atoms with Crippen LogP contribution in [0.25, 0.3) is 0 Å². The Morgan fingerprint density at radius 1 is 1.10 bits per heavy atom. The van der Waals surface area contributed by atoms with Gasteiger partial charge >= 0.3 is 0 Å². The predicted octanol–water partition coefficient (Wildman–Crippen LogP) is 2.77. The molecule has 5 heteroatoms. The van der Waals surface area contributed by atoms with Gasteiger partial charge in [-0.15, -0.1) is 0 Å². The Kier molecular flexibility index (Phi) is 4.79. The number of nitrogens with two attached hydrogens (primary N) is 1. The molecule has 0 bridgehead atoms. The topological polar surface area (TPSA) is 73.6 Å². The first-order valence-electron chi connectivity index (χ1n) is 6.57. The fraction of sp³-hybridized carbons (Fsp3) is 0.188. The quantitative estimate of drug-likeness (QED) is 0.886. The second-order valence-corrected chi connectivity index (χ2v) is 4.58. The number of methoxy groups -OCH3 is 1. The van der Waals surface area contributed by atoms with E-state index in [4.69, 9.17) is 15.2 Å². The molecule has 110 valence electrons. The van der Waals surface area contributed by atoms with E-state index in [0.29, 0.717) is 17.2 Å². The second kappa shape index (κ2) is 6.76. The standard InChI is InChI=1S/C16H18N2O3/c1-11(17)16(19)18-12-4-3-5-15(10-12)21-14-8-6-13(20-2)7-9-14/h3-11H,17H2,1-2H3,(H,18,19). The maximum Gasteiger partial charge on any atom is 0.241 e. The Balaban J connectivity index is 2.08. The molecule has 0 fully saturated rings. The van der Waals surface area contributed by atoms with E-state index < -0.39 is 6.04 Å². The average molecular weight is 286 g/mol. The van der Waals surface area contributed by atoms with Crippen molar-refractivity contribution < 1.29 is 14.3 Å². The number of hydrogen-bond donors (Lipinski definition) is 2. The Labute approximate surface area is 123 Å². The van der Waals surface area contributed by atoms with Crippen LogP contribution >= 0.6 is 0 Å². The van der Waals surface area contributed by atoms with Crippen LogP contribution in [0.3, 0.4) is 0 Å². The minimum Gasteiger partial charge on any atom is -0.497 e. The third-order valence-corrected chi connectivity index (χ3v) is 2.81. The van der Waals surface area contributed by atoms with E-state index in [9.17, 15) is 4.79 Å². The van der Waals surface area contributed by atoms with Crippen molar-refractivity contribution in [3.8, 4) is 17.2 Å². The monoisotopic (exact) mass is 286 g/mol. The normalized spacial score (nSPS) is 11.6. The second-order valence-electron chi connectivity index (χ2n) is 4.58. The summed E-state index contributed by atoms with van der Waals surface area (Å²) in [5.74, 6) is 1.84. The number of rotatable bonds is 5. The average Bonchev–Trinajstić information content (AvgIpc) is 2.48. The van der Waals surface area contributed by atoms with Gasteiger partial charge in [0.1, 0.15) is 17.2 Å². The van der Waals surface area contributed by atoms with E-state index in [1.165, 1.54) is 0 Å². The Morgan fingerprint density at radius 2 is 1.76 bits per heavy atom. The fourth-order valence-corrected chi connectivity index (χ4v) is 1.67. The molecule has 0 aliphatic carbocycles. The van der Waals surface area contributed by atoms with Crippen LogP contribution < -0.4 is 20.5 Å². The number of ether oxygens (including phenoxy) is 2. The van der Waals surface area contributed by atoms with Crippen molar-refractivity contribution in [1.82, 2.24) is 0 Å². The highest BCUT2D eigenvalue weighted by molar-refractivity contribution is 5.94. The SMILES string of the molecule is COc1ccc(Oc2cccc(NC(=O)C(C)N)c2)cc1. The summed E-state index contributed by atoms with van der Waals surface area (Å²) in [6.07, 6.45) is 0. The first-order chi connectivity index (χ1) is 10.1. The van der Waals surface area contributed by atoms with E-state index in [1.54, 1.807) is 32.2 Å². The van der Waals surface area contributed by atoms with Gasteiger partial charge in [0.05, 0.1) is 13.2 Å². The molecule has 0 radical (unpaired) electrons. The van der Waals surface area contributed by atoms with E-state index in [1.807, 2.05) is 30.3 Å². The zero-order valence-corrected chi connectivity index (χ0v) is 12.0. The van der Waals surface area contributed by atoms with E-state index >= 15 is 0 Å². The smallest absolute Gasteiger partial charge is 0.241 e. The molecule has 5 nitrogen and oxygen atoms in total. The molecular weight excluding hydrogens is 268 g/mol. The van der Waals surface area contributed by atoms with Crippen molar-refractivity contribution in [2.45, 2.75) is 13.0 Å². The molecule has 0 saturated carbocycles. The third kappa shape index (κ3) is 4.22. The molecule has 0 saturated heterocycles.